The first-order valence-electron chi connectivity index (χ1n) is 10.4. The van der Waals surface area contributed by atoms with Crippen molar-refractivity contribution in [2.24, 2.45) is 11.8 Å². The summed E-state index contributed by atoms with van der Waals surface area (Å²) in [4.78, 5) is 19.4. The van der Waals surface area contributed by atoms with Crippen LogP contribution < -0.4 is 15.0 Å². The van der Waals surface area contributed by atoms with E-state index in [4.69, 9.17) is 18.9 Å². The number of nitrogens with one attached hydrogen (secondary N) is 1. The zero-order valence-corrected chi connectivity index (χ0v) is 17.9. The lowest BCUT2D eigenvalue weighted by Crippen LogP contribution is -2.52. The molecule has 8 nitrogen and oxygen atoms in total. The number of ether oxygens (including phenoxy) is 4. The second kappa shape index (κ2) is 10.9. The third-order valence-corrected chi connectivity index (χ3v) is 5.25. The second-order valence-electron chi connectivity index (χ2n) is 8.28. The molecule has 30 heavy (non-hydrogen) atoms. The molecule has 1 N–H and O–H groups in total. The number of aromatic nitrogens is 1. The molecule has 0 bridgehead atoms. The van der Waals surface area contributed by atoms with Crippen LogP contribution >= 0.6 is 0 Å². The van der Waals surface area contributed by atoms with Crippen molar-refractivity contribution >= 4 is 11.6 Å². The molecule has 2 aliphatic rings. The molecule has 1 aromatic rings. The molecule has 2 saturated heterocycles. The van der Waals surface area contributed by atoms with Gasteiger partial charge >= 0.3 is 0 Å². The maximum Gasteiger partial charge on any atom is 0.270 e. The van der Waals surface area contributed by atoms with Crippen LogP contribution in [0.2, 0.25) is 0 Å². The molecule has 1 aromatic heterocycles. The summed E-state index contributed by atoms with van der Waals surface area (Å²) in [6, 6.07) is 3.26. The number of methoxy groups -OCH3 is 1. The summed E-state index contributed by atoms with van der Waals surface area (Å²) >= 11 is 0. The fourth-order valence-electron chi connectivity index (χ4n) is 3.45. The van der Waals surface area contributed by atoms with Gasteiger partial charge in [0.05, 0.1) is 38.6 Å². The number of alkyl halides is 1. The van der Waals surface area contributed by atoms with Crippen molar-refractivity contribution in [3.05, 3.63) is 17.8 Å². The van der Waals surface area contributed by atoms with Gasteiger partial charge in [0.25, 0.3) is 5.91 Å². The molecule has 0 aromatic carbocycles. The third kappa shape index (κ3) is 6.02. The molecule has 2 aliphatic heterocycles. The Morgan fingerprint density at radius 3 is 2.73 bits per heavy atom. The van der Waals surface area contributed by atoms with Crippen molar-refractivity contribution in [1.82, 2.24) is 10.3 Å². The monoisotopic (exact) mass is 425 g/mol. The maximum absolute atomic E-state index is 12.8. The molecular weight excluding hydrogens is 393 g/mol. The first-order valence-corrected chi connectivity index (χ1v) is 10.4. The highest BCUT2D eigenvalue weighted by Crippen LogP contribution is 2.31. The average molecular weight is 426 g/mol. The van der Waals surface area contributed by atoms with Gasteiger partial charge in [-0.15, -0.1) is 0 Å². The number of anilines is 1. The van der Waals surface area contributed by atoms with Crippen molar-refractivity contribution in [3.63, 3.8) is 0 Å². The molecule has 1 atom stereocenters. The van der Waals surface area contributed by atoms with E-state index in [9.17, 15) is 9.18 Å². The number of carbonyl (C=O) groups excluding carboxylic acids is 1. The minimum absolute atomic E-state index is 0.121. The van der Waals surface area contributed by atoms with Crippen LogP contribution in [0.4, 0.5) is 10.1 Å². The molecule has 0 saturated carbocycles. The normalized spacial score (nSPS) is 18.1. The summed E-state index contributed by atoms with van der Waals surface area (Å²) in [5.74, 6) is 0.778. The molecule has 168 valence electrons. The second-order valence-corrected chi connectivity index (χ2v) is 8.28. The van der Waals surface area contributed by atoms with E-state index < -0.39 is 6.86 Å². The van der Waals surface area contributed by atoms with E-state index in [1.165, 1.54) is 0 Å². The summed E-state index contributed by atoms with van der Waals surface area (Å²) in [5.41, 5.74) is 1.11. The highest BCUT2D eigenvalue weighted by Gasteiger charge is 2.30. The van der Waals surface area contributed by atoms with Gasteiger partial charge in [-0.2, -0.15) is 0 Å². The van der Waals surface area contributed by atoms with Crippen molar-refractivity contribution in [1.29, 1.82) is 0 Å². The van der Waals surface area contributed by atoms with E-state index in [-0.39, 0.29) is 30.4 Å². The molecule has 2 fully saturated rings. The summed E-state index contributed by atoms with van der Waals surface area (Å²) in [7, 11) is 1.70. The number of rotatable bonds is 12. The lowest BCUT2D eigenvalue weighted by atomic mass is 10.0. The van der Waals surface area contributed by atoms with Gasteiger partial charge < -0.3 is 29.2 Å². The fourth-order valence-corrected chi connectivity index (χ4v) is 3.45. The Balaban J connectivity index is 1.70. The van der Waals surface area contributed by atoms with Gasteiger partial charge in [-0.25, -0.2) is 9.37 Å². The van der Waals surface area contributed by atoms with Crippen LogP contribution in [-0.4, -0.2) is 76.5 Å². The topological polar surface area (TPSA) is 82.2 Å². The van der Waals surface area contributed by atoms with Gasteiger partial charge in [-0.3, -0.25) is 4.79 Å². The van der Waals surface area contributed by atoms with Crippen molar-refractivity contribution < 1.29 is 28.1 Å². The minimum Gasteiger partial charge on any atom is -0.476 e. The zero-order valence-electron chi connectivity index (χ0n) is 17.9. The standard InChI is InChI=1S/C21H32FN3O5/c1-14(2)6-16(12-29-13-22)23-20(26)18-4-5-19(25-7-17(8-25)27-3)21(24-18)30-11-15-9-28-10-15/h4-5,14-17H,6-13H2,1-3H3,(H,23,26)/t16-/m0/s1. The van der Waals surface area contributed by atoms with Crippen molar-refractivity contribution in [2.45, 2.75) is 32.4 Å². The molecule has 9 heteroatoms. The number of halogens is 1. The first kappa shape index (κ1) is 22.7. The SMILES string of the molecule is COC1CN(c2ccc(C(=O)N[C@H](COCF)CC(C)C)nc2OCC2COC2)C1. The van der Waals surface area contributed by atoms with Crippen molar-refractivity contribution in [2.75, 3.05) is 58.4 Å². The van der Waals surface area contributed by atoms with Gasteiger partial charge in [0, 0.05) is 26.1 Å². The Labute approximate surface area is 177 Å². The highest BCUT2D eigenvalue weighted by atomic mass is 19.1. The number of pyridine rings is 1. The van der Waals surface area contributed by atoms with Gasteiger partial charge in [-0.05, 0) is 24.5 Å². The van der Waals surface area contributed by atoms with Crippen LogP contribution in [0.1, 0.15) is 30.8 Å². The smallest absolute Gasteiger partial charge is 0.270 e. The van der Waals surface area contributed by atoms with Gasteiger partial charge in [0.15, 0.2) is 6.86 Å². The Morgan fingerprint density at radius 1 is 1.37 bits per heavy atom. The molecule has 0 unspecified atom stereocenters. The van der Waals surface area contributed by atoms with Crippen molar-refractivity contribution in [3.8, 4) is 5.88 Å². The van der Waals surface area contributed by atoms with Crippen LogP contribution in [0, 0.1) is 11.8 Å². The number of hydrogen-bond acceptors (Lipinski definition) is 7. The van der Waals surface area contributed by atoms with Crippen LogP contribution in [0.5, 0.6) is 5.88 Å². The minimum atomic E-state index is -0.876. The van der Waals surface area contributed by atoms with E-state index in [0.29, 0.717) is 44.0 Å². The predicted molar refractivity (Wildman–Crippen MR) is 110 cm³/mol. The van der Waals surface area contributed by atoms with Crippen LogP contribution in [0.25, 0.3) is 0 Å². The molecule has 1 amide bonds. The van der Waals surface area contributed by atoms with E-state index in [1.807, 2.05) is 19.9 Å². The Hall–Kier alpha value is -1.97. The zero-order chi connectivity index (χ0) is 21.5. The van der Waals surface area contributed by atoms with E-state index in [2.05, 4.69) is 15.2 Å². The van der Waals surface area contributed by atoms with Crippen LogP contribution in [0.3, 0.4) is 0 Å². The first-order chi connectivity index (χ1) is 14.5. The van der Waals surface area contributed by atoms with Crippen LogP contribution in [-0.2, 0) is 14.2 Å². The van der Waals surface area contributed by atoms with Gasteiger partial charge in [0.2, 0.25) is 5.88 Å². The lowest BCUT2D eigenvalue weighted by molar-refractivity contribution is -0.0514. The summed E-state index contributed by atoms with van der Waals surface area (Å²) in [6.07, 6.45) is 0.870. The lowest BCUT2D eigenvalue weighted by Gasteiger charge is -2.40. The van der Waals surface area contributed by atoms with Gasteiger partial charge in [-0.1, -0.05) is 13.8 Å². The number of carbonyl (C=O) groups is 1. The van der Waals surface area contributed by atoms with E-state index in [0.717, 1.165) is 18.8 Å². The quantitative estimate of drug-likeness (QED) is 0.549. The average Bonchev–Trinajstić information content (AvgIpc) is 2.64. The third-order valence-electron chi connectivity index (χ3n) is 5.25. The van der Waals surface area contributed by atoms with E-state index >= 15 is 0 Å². The molecule has 3 rings (SSSR count). The van der Waals surface area contributed by atoms with E-state index in [1.54, 1.807) is 13.2 Å². The number of hydrogen-bond donors (Lipinski definition) is 1. The predicted octanol–water partition coefficient (Wildman–Crippen LogP) is 2.03. The van der Waals surface area contributed by atoms with Crippen LogP contribution in [0.15, 0.2) is 12.1 Å². The summed E-state index contributed by atoms with van der Waals surface area (Å²) < 4.78 is 33.8. The fraction of sp³-hybridized carbons (Fsp3) is 0.714. The number of nitrogens with zero attached hydrogens (tertiary/aromatic N) is 2. The van der Waals surface area contributed by atoms with Gasteiger partial charge in [0.1, 0.15) is 11.4 Å². The Morgan fingerprint density at radius 2 is 2.13 bits per heavy atom. The molecule has 3 heterocycles. The largest absolute Gasteiger partial charge is 0.476 e. The molecule has 0 radical (unpaired) electrons. The molecule has 0 aliphatic carbocycles. The number of amides is 1. The molecule has 0 spiro atoms. The molecular formula is C21H32FN3O5. The maximum atomic E-state index is 12.8. The summed E-state index contributed by atoms with van der Waals surface area (Å²) in [5, 5.41) is 2.90. The Bertz CT molecular complexity index is 695. The highest BCUT2D eigenvalue weighted by molar-refractivity contribution is 5.93. The Kier molecular flexibility index (Phi) is 8.24. The summed E-state index contributed by atoms with van der Waals surface area (Å²) in [6.45, 7) is 6.68.